The average Bonchev–Trinajstić information content (AvgIpc) is 2.49. The molecule has 0 saturated carbocycles. The zero-order valence-corrected chi connectivity index (χ0v) is 11.2. The van der Waals surface area contributed by atoms with Gasteiger partial charge in [-0.3, -0.25) is 0 Å². The van der Waals surface area contributed by atoms with Gasteiger partial charge in [-0.15, -0.1) is 0 Å². The minimum absolute atomic E-state index is 0.668. The Morgan fingerprint density at radius 1 is 1.13 bits per heavy atom. The van der Waals surface area contributed by atoms with Crippen molar-refractivity contribution in [3.05, 3.63) is 33.6 Å². The van der Waals surface area contributed by atoms with E-state index < -0.39 is 0 Å². The van der Waals surface area contributed by atoms with Crippen LogP contribution in [0.1, 0.15) is 16.7 Å². The number of rotatable bonds is 1. The fraction of sp³-hybridized carbons (Fsp3) is 0.273. The van der Waals surface area contributed by atoms with Gasteiger partial charge in [0.25, 0.3) is 0 Å². The minimum atomic E-state index is 0.668. The van der Waals surface area contributed by atoms with E-state index >= 15 is 0 Å². The molecule has 2 rings (SSSR count). The van der Waals surface area contributed by atoms with E-state index in [1.54, 1.807) is 0 Å². The van der Waals surface area contributed by atoms with Gasteiger partial charge >= 0.3 is 0 Å². The SMILES string of the molecule is Cc1cc(C)c(-c2nc(Br)ns2)c(C)c1. The average molecular weight is 283 g/mol. The number of aromatic nitrogens is 2. The summed E-state index contributed by atoms with van der Waals surface area (Å²) in [6.07, 6.45) is 0. The maximum absolute atomic E-state index is 4.36. The monoisotopic (exact) mass is 282 g/mol. The molecule has 2 aromatic rings. The van der Waals surface area contributed by atoms with Crippen molar-refractivity contribution >= 4 is 27.5 Å². The summed E-state index contributed by atoms with van der Waals surface area (Å²) in [7, 11) is 0. The van der Waals surface area contributed by atoms with E-state index in [4.69, 9.17) is 0 Å². The molecule has 78 valence electrons. The van der Waals surface area contributed by atoms with Crippen molar-refractivity contribution in [1.29, 1.82) is 0 Å². The second-order valence-electron chi connectivity index (χ2n) is 3.64. The van der Waals surface area contributed by atoms with Gasteiger partial charge in [0.2, 0.25) is 4.73 Å². The largest absolute Gasteiger partial charge is 0.209 e. The van der Waals surface area contributed by atoms with Gasteiger partial charge in [0.1, 0.15) is 5.01 Å². The van der Waals surface area contributed by atoms with Crippen LogP contribution in [0.25, 0.3) is 10.6 Å². The van der Waals surface area contributed by atoms with E-state index in [0.717, 1.165) is 5.01 Å². The molecule has 0 aliphatic carbocycles. The normalized spacial score (nSPS) is 10.7. The van der Waals surface area contributed by atoms with Gasteiger partial charge in [-0.2, -0.15) is 4.37 Å². The summed E-state index contributed by atoms with van der Waals surface area (Å²) in [5.74, 6) is 0. The molecule has 1 aromatic heterocycles. The topological polar surface area (TPSA) is 25.8 Å². The molecule has 0 amide bonds. The highest BCUT2D eigenvalue weighted by Gasteiger charge is 2.10. The van der Waals surface area contributed by atoms with Crippen LogP contribution in [0.15, 0.2) is 16.9 Å². The van der Waals surface area contributed by atoms with Gasteiger partial charge < -0.3 is 0 Å². The van der Waals surface area contributed by atoms with E-state index in [1.807, 2.05) is 0 Å². The Morgan fingerprint density at radius 2 is 1.73 bits per heavy atom. The first-order valence-electron chi connectivity index (χ1n) is 4.65. The lowest BCUT2D eigenvalue weighted by Crippen LogP contribution is -1.89. The number of halogens is 1. The molecule has 2 nitrogen and oxygen atoms in total. The number of nitrogens with zero attached hydrogens (tertiary/aromatic N) is 2. The molecule has 0 unspecified atom stereocenters. The van der Waals surface area contributed by atoms with Crippen molar-refractivity contribution in [2.24, 2.45) is 0 Å². The Hall–Kier alpha value is -0.740. The summed E-state index contributed by atoms with van der Waals surface area (Å²) in [4.78, 5) is 4.36. The zero-order valence-electron chi connectivity index (χ0n) is 8.84. The molecule has 0 bridgehead atoms. The predicted octanol–water partition coefficient (Wildman–Crippen LogP) is 3.89. The van der Waals surface area contributed by atoms with Gasteiger partial charge in [-0.1, -0.05) is 17.7 Å². The molecule has 0 N–H and O–H groups in total. The van der Waals surface area contributed by atoms with Crippen LogP contribution in [0.3, 0.4) is 0 Å². The van der Waals surface area contributed by atoms with Crippen molar-refractivity contribution in [1.82, 2.24) is 9.36 Å². The first kappa shape index (κ1) is 10.8. The molecular weight excluding hydrogens is 272 g/mol. The molecule has 0 atom stereocenters. The molecule has 0 saturated heterocycles. The third kappa shape index (κ3) is 2.11. The second kappa shape index (κ2) is 4.02. The van der Waals surface area contributed by atoms with E-state index in [9.17, 15) is 0 Å². The Balaban J connectivity index is 2.62. The van der Waals surface area contributed by atoms with Crippen molar-refractivity contribution in [2.45, 2.75) is 20.8 Å². The summed E-state index contributed by atoms with van der Waals surface area (Å²) < 4.78 is 4.81. The van der Waals surface area contributed by atoms with Gasteiger partial charge in [0.15, 0.2) is 0 Å². The fourth-order valence-corrected chi connectivity index (χ4v) is 3.08. The summed E-state index contributed by atoms with van der Waals surface area (Å²) in [6.45, 7) is 6.34. The maximum Gasteiger partial charge on any atom is 0.209 e. The molecule has 15 heavy (non-hydrogen) atoms. The Bertz CT molecular complexity index is 482. The van der Waals surface area contributed by atoms with E-state index in [-0.39, 0.29) is 0 Å². The second-order valence-corrected chi connectivity index (χ2v) is 5.10. The van der Waals surface area contributed by atoms with Gasteiger partial charge in [-0.25, -0.2) is 4.98 Å². The summed E-state index contributed by atoms with van der Waals surface area (Å²) in [5, 5.41) is 0.983. The molecule has 0 aliphatic rings. The van der Waals surface area contributed by atoms with Crippen LogP contribution in [0, 0.1) is 20.8 Å². The Kier molecular flexibility index (Phi) is 2.89. The molecule has 4 heteroatoms. The van der Waals surface area contributed by atoms with Crippen LogP contribution in [0.4, 0.5) is 0 Å². The molecule has 0 spiro atoms. The smallest absolute Gasteiger partial charge is 0.209 e. The van der Waals surface area contributed by atoms with Gasteiger partial charge in [-0.05, 0) is 59.4 Å². The Labute approximate surface area is 102 Å². The van der Waals surface area contributed by atoms with E-state index in [2.05, 4.69) is 58.2 Å². The lowest BCUT2D eigenvalue weighted by molar-refractivity contribution is 1.24. The number of aryl methyl sites for hydroxylation is 3. The molecule has 0 aliphatic heterocycles. The van der Waals surface area contributed by atoms with Crippen molar-refractivity contribution in [3.63, 3.8) is 0 Å². The Morgan fingerprint density at radius 3 is 2.20 bits per heavy atom. The maximum atomic E-state index is 4.36. The first-order chi connectivity index (χ1) is 7.08. The highest BCUT2D eigenvalue weighted by Crippen LogP contribution is 2.30. The van der Waals surface area contributed by atoms with Crippen molar-refractivity contribution in [3.8, 4) is 10.6 Å². The highest BCUT2D eigenvalue weighted by molar-refractivity contribution is 9.10. The minimum Gasteiger partial charge on any atom is -0.209 e. The van der Waals surface area contributed by atoms with Crippen LogP contribution in [-0.4, -0.2) is 9.36 Å². The lowest BCUT2D eigenvalue weighted by atomic mass is 10.0. The third-order valence-corrected chi connectivity index (χ3v) is 3.61. The zero-order chi connectivity index (χ0) is 11.0. The summed E-state index contributed by atoms with van der Waals surface area (Å²) in [6, 6.07) is 4.36. The number of hydrogen-bond acceptors (Lipinski definition) is 3. The molecule has 1 aromatic carbocycles. The quantitative estimate of drug-likeness (QED) is 0.793. The highest BCUT2D eigenvalue weighted by atomic mass is 79.9. The van der Waals surface area contributed by atoms with Crippen LogP contribution in [0.2, 0.25) is 0 Å². The molecule has 0 radical (unpaired) electrons. The van der Waals surface area contributed by atoms with Gasteiger partial charge in [0, 0.05) is 5.56 Å². The number of benzene rings is 1. The van der Waals surface area contributed by atoms with Crippen LogP contribution >= 0.6 is 27.5 Å². The molecule has 1 heterocycles. The van der Waals surface area contributed by atoms with Crippen LogP contribution in [0.5, 0.6) is 0 Å². The van der Waals surface area contributed by atoms with Gasteiger partial charge in [0.05, 0.1) is 0 Å². The first-order valence-corrected chi connectivity index (χ1v) is 6.22. The van der Waals surface area contributed by atoms with E-state index in [0.29, 0.717) is 4.73 Å². The molecule has 0 fully saturated rings. The summed E-state index contributed by atoms with van der Waals surface area (Å²) >= 11 is 4.71. The predicted molar refractivity (Wildman–Crippen MR) is 67.3 cm³/mol. The van der Waals surface area contributed by atoms with Crippen LogP contribution in [-0.2, 0) is 0 Å². The van der Waals surface area contributed by atoms with E-state index in [1.165, 1.54) is 33.8 Å². The molecular formula is C11H11BrN2S. The lowest BCUT2D eigenvalue weighted by Gasteiger charge is -2.07. The summed E-state index contributed by atoms with van der Waals surface area (Å²) in [5.41, 5.74) is 5.02. The standard InChI is InChI=1S/C11H11BrN2S/c1-6-4-7(2)9(8(3)5-6)10-13-11(12)14-15-10/h4-5H,1-3H3. The van der Waals surface area contributed by atoms with Crippen molar-refractivity contribution < 1.29 is 0 Å². The van der Waals surface area contributed by atoms with Crippen molar-refractivity contribution in [2.75, 3.05) is 0 Å². The third-order valence-electron chi connectivity index (χ3n) is 2.29. The van der Waals surface area contributed by atoms with Crippen LogP contribution < -0.4 is 0 Å². The number of hydrogen-bond donors (Lipinski definition) is 0. The fourth-order valence-electron chi connectivity index (χ4n) is 1.82.